The van der Waals surface area contributed by atoms with Crippen LogP contribution in [0.25, 0.3) is 0 Å². The molecule has 1 aromatic carbocycles. The van der Waals surface area contributed by atoms with E-state index in [2.05, 4.69) is 52.4 Å². The Morgan fingerprint density at radius 3 is 2.83 bits per heavy atom. The molecule has 1 aromatic rings. The highest BCUT2D eigenvalue weighted by molar-refractivity contribution is 9.10. The van der Waals surface area contributed by atoms with Crippen LogP contribution in [-0.4, -0.2) is 17.1 Å². The number of halogens is 1. The standard InChI is InChI=1S/C13H20BrN3O/c1-3-12(8-13(15)17-18)16-9(2)10-5-4-6-11(14)7-10/h4-7,9,12,16,18H,3,8H2,1-2H3,(H2,15,17)/t9-,12?/m1/s1. The summed E-state index contributed by atoms with van der Waals surface area (Å²) >= 11 is 3.47. The number of hydrogen-bond donors (Lipinski definition) is 3. The van der Waals surface area contributed by atoms with Gasteiger partial charge in [0.05, 0.1) is 0 Å². The van der Waals surface area contributed by atoms with E-state index >= 15 is 0 Å². The molecule has 0 aliphatic rings. The molecule has 0 aliphatic carbocycles. The van der Waals surface area contributed by atoms with Crippen LogP contribution in [0, 0.1) is 0 Å². The summed E-state index contributed by atoms with van der Waals surface area (Å²) in [5.41, 5.74) is 6.75. The molecule has 4 N–H and O–H groups in total. The highest BCUT2D eigenvalue weighted by atomic mass is 79.9. The molecule has 18 heavy (non-hydrogen) atoms. The van der Waals surface area contributed by atoms with Crippen molar-refractivity contribution in [2.45, 2.75) is 38.8 Å². The third kappa shape index (κ3) is 4.66. The molecule has 0 saturated heterocycles. The van der Waals surface area contributed by atoms with Crippen molar-refractivity contribution < 1.29 is 5.21 Å². The van der Waals surface area contributed by atoms with E-state index in [1.54, 1.807) is 0 Å². The minimum Gasteiger partial charge on any atom is -0.409 e. The van der Waals surface area contributed by atoms with E-state index in [4.69, 9.17) is 10.9 Å². The molecular formula is C13H20BrN3O. The third-order valence-corrected chi connectivity index (χ3v) is 3.40. The molecular weight excluding hydrogens is 294 g/mol. The van der Waals surface area contributed by atoms with Crippen molar-refractivity contribution in [3.05, 3.63) is 34.3 Å². The Labute approximate surface area is 116 Å². The van der Waals surface area contributed by atoms with Crippen LogP contribution < -0.4 is 11.1 Å². The summed E-state index contributed by atoms with van der Waals surface area (Å²) in [6, 6.07) is 8.62. The molecule has 0 radical (unpaired) electrons. The van der Waals surface area contributed by atoms with Gasteiger partial charge in [-0.2, -0.15) is 0 Å². The van der Waals surface area contributed by atoms with Crippen molar-refractivity contribution in [2.75, 3.05) is 0 Å². The SMILES string of the molecule is CCC(C/C(N)=N/O)N[C@H](C)c1cccc(Br)c1. The van der Waals surface area contributed by atoms with Crippen LogP contribution in [0.1, 0.15) is 38.3 Å². The maximum absolute atomic E-state index is 8.60. The summed E-state index contributed by atoms with van der Waals surface area (Å²) in [5.74, 6) is 0.260. The van der Waals surface area contributed by atoms with Crippen LogP contribution in [0.15, 0.2) is 33.9 Å². The molecule has 0 aromatic heterocycles. The van der Waals surface area contributed by atoms with Gasteiger partial charge in [0.15, 0.2) is 0 Å². The molecule has 4 nitrogen and oxygen atoms in total. The smallest absolute Gasteiger partial charge is 0.140 e. The van der Waals surface area contributed by atoms with Gasteiger partial charge in [-0.3, -0.25) is 0 Å². The van der Waals surface area contributed by atoms with E-state index in [9.17, 15) is 0 Å². The minimum absolute atomic E-state index is 0.204. The van der Waals surface area contributed by atoms with Gasteiger partial charge < -0.3 is 16.3 Å². The van der Waals surface area contributed by atoms with Gasteiger partial charge in [-0.1, -0.05) is 40.1 Å². The number of amidine groups is 1. The Morgan fingerprint density at radius 2 is 2.28 bits per heavy atom. The van der Waals surface area contributed by atoms with Crippen molar-refractivity contribution in [1.82, 2.24) is 5.32 Å². The summed E-state index contributed by atoms with van der Waals surface area (Å²) < 4.78 is 1.07. The number of nitrogens with one attached hydrogen (secondary N) is 1. The lowest BCUT2D eigenvalue weighted by Crippen LogP contribution is -2.34. The molecule has 0 heterocycles. The molecule has 0 aliphatic heterocycles. The average molecular weight is 314 g/mol. The van der Waals surface area contributed by atoms with E-state index in [-0.39, 0.29) is 17.9 Å². The molecule has 0 spiro atoms. The number of nitrogens with zero attached hydrogens (tertiary/aromatic N) is 1. The first kappa shape index (κ1) is 15.0. The predicted octanol–water partition coefficient (Wildman–Crippen LogP) is 3.01. The zero-order chi connectivity index (χ0) is 13.5. The van der Waals surface area contributed by atoms with Crippen LogP contribution in [0.5, 0.6) is 0 Å². The summed E-state index contributed by atoms with van der Waals surface area (Å²) in [5, 5.41) is 15.1. The van der Waals surface area contributed by atoms with E-state index in [1.165, 1.54) is 5.56 Å². The quantitative estimate of drug-likeness (QED) is 0.327. The first-order valence-electron chi connectivity index (χ1n) is 6.04. The summed E-state index contributed by atoms with van der Waals surface area (Å²) in [6.07, 6.45) is 1.47. The molecule has 2 atom stereocenters. The van der Waals surface area contributed by atoms with Gasteiger partial charge in [0.1, 0.15) is 5.84 Å². The first-order chi connectivity index (χ1) is 8.56. The van der Waals surface area contributed by atoms with Gasteiger partial charge >= 0.3 is 0 Å². The maximum Gasteiger partial charge on any atom is 0.140 e. The van der Waals surface area contributed by atoms with Crippen LogP contribution >= 0.6 is 15.9 Å². The normalized spacial score (nSPS) is 15.4. The van der Waals surface area contributed by atoms with Crippen molar-refractivity contribution in [1.29, 1.82) is 0 Å². The van der Waals surface area contributed by atoms with Gasteiger partial charge in [-0.25, -0.2) is 0 Å². The molecule has 1 unspecified atom stereocenters. The summed E-state index contributed by atoms with van der Waals surface area (Å²) in [7, 11) is 0. The topological polar surface area (TPSA) is 70.6 Å². The molecule has 0 fully saturated rings. The summed E-state index contributed by atoms with van der Waals surface area (Å²) in [6.45, 7) is 4.19. The monoisotopic (exact) mass is 313 g/mol. The van der Waals surface area contributed by atoms with E-state index in [0.717, 1.165) is 10.9 Å². The lowest BCUT2D eigenvalue weighted by molar-refractivity contribution is 0.315. The van der Waals surface area contributed by atoms with Gasteiger partial charge in [0, 0.05) is 23.0 Å². The fourth-order valence-corrected chi connectivity index (χ4v) is 2.26. The van der Waals surface area contributed by atoms with Gasteiger partial charge in [0.25, 0.3) is 0 Å². The second-order valence-corrected chi connectivity index (χ2v) is 5.26. The predicted molar refractivity (Wildman–Crippen MR) is 77.8 cm³/mol. The minimum atomic E-state index is 0.204. The van der Waals surface area contributed by atoms with Gasteiger partial charge in [-0.05, 0) is 31.0 Å². The Balaban J connectivity index is 2.64. The summed E-state index contributed by atoms with van der Waals surface area (Å²) in [4.78, 5) is 0. The van der Waals surface area contributed by atoms with E-state index < -0.39 is 0 Å². The van der Waals surface area contributed by atoms with Crippen LogP contribution in [0.4, 0.5) is 0 Å². The Bertz CT molecular complexity index is 409. The second kappa shape index (κ2) is 7.38. The molecule has 1 rings (SSSR count). The lowest BCUT2D eigenvalue weighted by atomic mass is 10.0. The third-order valence-electron chi connectivity index (χ3n) is 2.91. The van der Waals surface area contributed by atoms with E-state index in [1.807, 2.05) is 12.1 Å². The lowest BCUT2D eigenvalue weighted by Gasteiger charge is -2.22. The zero-order valence-corrected chi connectivity index (χ0v) is 12.3. The Hall–Kier alpha value is -1.07. The van der Waals surface area contributed by atoms with Crippen molar-refractivity contribution >= 4 is 21.8 Å². The number of oxime groups is 1. The van der Waals surface area contributed by atoms with E-state index in [0.29, 0.717) is 6.42 Å². The van der Waals surface area contributed by atoms with Crippen LogP contribution in [0.3, 0.4) is 0 Å². The number of rotatable bonds is 6. The average Bonchev–Trinajstić information content (AvgIpc) is 2.37. The molecule has 5 heteroatoms. The van der Waals surface area contributed by atoms with Crippen molar-refractivity contribution in [3.8, 4) is 0 Å². The number of benzene rings is 1. The Morgan fingerprint density at radius 1 is 1.56 bits per heavy atom. The van der Waals surface area contributed by atoms with Gasteiger partial charge in [-0.15, -0.1) is 0 Å². The Kier molecular flexibility index (Phi) is 6.15. The fourth-order valence-electron chi connectivity index (χ4n) is 1.84. The van der Waals surface area contributed by atoms with Crippen LogP contribution in [0.2, 0.25) is 0 Å². The van der Waals surface area contributed by atoms with Gasteiger partial charge in [0.2, 0.25) is 0 Å². The fraction of sp³-hybridized carbons (Fsp3) is 0.462. The highest BCUT2D eigenvalue weighted by Crippen LogP contribution is 2.19. The highest BCUT2D eigenvalue weighted by Gasteiger charge is 2.13. The number of hydrogen-bond acceptors (Lipinski definition) is 3. The molecule has 0 saturated carbocycles. The van der Waals surface area contributed by atoms with Crippen molar-refractivity contribution in [3.63, 3.8) is 0 Å². The number of nitrogens with two attached hydrogens (primary N) is 1. The maximum atomic E-state index is 8.60. The zero-order valence-electron chi connectivity index (χ0n) is 10.7. The molecule has 0 amide bonds. The molecule has 100 valence electrons. The second-order valence-electron chi connectivity index (χ2n) is 4.34. The largest absolute Gasteiger partial charge is 0.409 e. The van der Waals surface area contributed by atoms with Crippen LogP contribution in [-0.2, 0) is 0 Å². The first-order valence-corrected chi connectivity index (χ1v) is 6.84. The molecule has 0 bridgehead atoms. The van der Waals surface area contributed by atoms with Crippen molar-refractivity contribution in [2.24, 2.45) is 10.9 Å².